The number of aryl methyl sites for hydroxylation is 1. The summed E-state index contributed by atoms with van der Waals surface area (Å²) in [4.78, 5) is 4.39. The molecular weight excluding hydrogens is 304 g/mol. The summed E-state index contributed by atoms with van der Waals surface area (Å²) >= 11 is 3.50. The monoisotopic (exact) mass is 320 g/mol. The lowest BCUT2D eigenvalue weighted by atomic mass is 10.2. The van der Waals surface area contributed by atoms with Crippen LogP contribution in [0.5, 0.6) is 11.5 Å². The molecule has 1 heterocycles. The van der Waals surface area contributed by atoms with Gasteiger partial charge in [0.05, 0.1) is 16.4 Å². The van der Waals surface area contributed by atoms with Crippen molar-refractivity contribution in [3.05, 3.63) is 52.3 Å². The van der Waals surface area contributed by atoms with E-state index in [1.165, 1.54) is 5.56 Å². The zero-order chi connectivity index (χ0) is 13.8. The molecule has 0 saturated heterocycles. The molecule has 0 fully saturated rings. The zero-order valence-electron chi connectivity index (χ0n) is 11.3. The van der Waals surface area contributed by atoms with Gasteiger partial charge in [0.1, 0.15) is 11.5 Å². The summed E-state index contributed by atoms with van der Waals surface area (Å²) in [5.41, 5.74) is 2.19. The molecule has 0 radical (unpaired) electrons. The standard InChI is InChI=1S/C15H17BrN2O/c1-10-4-7-15(13(16)8-10)19-12-5-6-14(18-9-12)11(2)17-3/h4-9,11,17H,1-3H3. The first-order chi connectivity index (χ1) is 9.10. The summed E-state index contributed by atoms with van der Waals surface area (Å²) in [7, 11) is 1.92. The summed E-state index contributed by atoms with van der Waals surface area (Å²) < 4.78 is 6.75. The smallest absolute Gasteiger partial charge is 0.145 e. The second-order valence-electron chi connectivity index (χ2n) is 4.47. The van der Waals surface area contributed by atoms with E-state index in [0.29, 0.717) is 0 Å². The minimum absolute atomic E-state index is 0.236. The van der Waals surface area contributed by atoms with Crippen LogP contribution >= 0.6 is 15.9 Å². The van der Waals surface area contributed by atoms with Crippen LogP contribution in [0, 0.1) is 6.92 Å². The molecule has 0 aliphatic heterocycles. The Morgan fingerprint density at radius 3 is 2.63 bits per heavy atom. The highest BCUT2D eigenvalue weighted by atomic mass is 79.9. The Kier molecular flexibility index (Phi) is 4.56. The van der Waals surface area contributed by atoms with Crippen molar-refractivity contribution >= 4 is 15.9 Å². The summed E-state index contributed by atoms with van der Waals surface area (Å²) in [5.74, 6) is 1.53. The molecule has 1 N–H and O–H groups in total. The second kappa shape index (κ2) is 6.17. The van der Waals surface area contributed by atoms with Crippen LogP contribution in [0.25, 0.3) is 0 Å². The fraction of sp³-hybridized carbons (Fsp3) is 0.267. The SMILES string of the molecule is CNC(C)c1ccc(Oc2ccc(C)cc2Br)cn1. The van der Waals surface area contributed by atoms with Gasteiger partial charge in [0.25, 0.3) is 0 Å². The Morgan fingerprint density at radius 1 is 1.26 bits per heavy atom. The van der Waals surface area contributed by atoms with Crippen LogP contribution in [0.3, 0.4) is 0 Å². The molecule has 19 heavy (non-hydrogen) atoms. The van der Waals surface area contributed by atoms with Crippen molar-refractivity contribution in [1.29, 1.82) is 0 Å². The lowest BCUT2D eigenvalue weighted by Crippen LogP contribution is -2.13. The minimum Gasteiger partial charge on any atom is -0.455 e. The predicted molar refractivity (Wildman–Crippen MR) is 80.7 cm³/mol. The molecule has 4 heteroatoms. The van der Waals surface area contributed by atoms with Crippen molar-refractivity contribution in [3.63, 3.8) is 0 Å². The third-order valence-electron chi connectivity index (χ3n) is 2.95. The van der Waals surface area contributed by atoms with E-state index in [1.54, 1.807) is 6.20 Å². The fourth-order valence-corrected chi connectivity index (χ4v) is 2.25. The quantitative estimate of drug-likeness (QED) is 0.915. The van der Waals surface area contributed by atoms with Gasteiger partial charge in [-0.05, 0) is 66.7 Å². The Hall–Kier alpha value is -1.39. The molecule has 3 nitrogen and oxygen atoms in total. The molecule has 0 amide bonds. The van der Waals surface area contributed by atoms with Crippen molar-refractivity contribution in [2.24, 2.45) is 0 Å². The molecule has 100 valence electrons. The number of hydrogen-bond donors (Lipinski definition) is 1. The van der Waals surface area contributed by atoms with Crippen LogP contribution in [0.4, 0.5) is 0 Å². The molecule has 0 bridgehead atoms. The van der Waals surface area contributed by atoms with Crippen LogP contribution in [0.15, 0.2) is 41.0 Å². The predicted octanol–water partition coefficient (Wildman–Crippen LogP) is 4.23. The Labute approximate surface area is 122 Å². The van der Waals surface area contributed by atoms with Crippen LogP contribution < -0.4 is 10.1 Å². The molecule has 0 spiro atoms. The summed E-state index contributed by atoms with van der Waals surface area (Å²) in [6.07, 6.45) is 1.75. The average Bonchev–Trinajstić information content (AvgIpc) is 2.42. The summed E-state index contributed by atoms with van der Waals surface area (Å²) in [6.45, 7) is 4.11. The van der Waals surface area contributed by atoms with Crippen LogP contribution in [-0.4, -0.2) is 12.0 Å². The highest BCUT2D eigenvalue weighted by molar-refractivity contribution is 9.10. The van der Waals surface area contributed by atoms with Gasteiger partial charge in [-0.15, -0.1) is 0 Å². The third-order valence-corrected chi connectivity index (χ3v) is 3.57. The van der Waals surface area contributed by atoms with E-state index in [9.17, 15) is 0 Å². The van der Waals surface area contributed by atoms with Crippen LogP contribution in [-0.2, 0) is 0 Å². The van der Waals surface area contributed by atoms with Gasteiger partial charge in [-0.1, -0.05) is 6.07 Å². The van der Waals surface area contributed by atoms with Crippen molar-refractivity contribution in [2.75, 3.05) is 7.05 Å². The number of hydrogen-bond acceptors (Lipinski definition) is 3. The summed E-state index contributed by atoms with van der Waals surface area (Å²) in [6, 6.07) is 10.1. The Bertz CT molecular complexity index is 555. The Morgan fingerprint density at radius 2 is 2.05 bits per heavy atom. The van der Waals surface area contributed by atoms with E-state index in [-0.39, 0.29) is 6.04 Å². The van der Waals surface area contributed by atoms with Gasteiger partial charge in [0.15, 0.2) is 0 Å². The number of nitrogens with one attached hydrogen (secondary N) is 1. The lowest BCUT2D eigenvalue weighted by molar-refractivity contribution is 0.475. The molecular formula is C15H17BrN2O. The third kappa shape index (κ3) is 3.55. The van der Waals surface area contributed by atoms with Gasteiger partial charge < -0.3 is 10.1 Å². The van der Waals surface area contributed by atoms with Gasteiger partial charge in [0.2, 0.25) is 0 Å². The van der Waals surface area contributed by atoms with Crippen LogP contribution in [0.2, 0.25) is 0 Å². The molecule has 1 aromatic carbocycles. The van der Waals surface area contributed by atoms with Gasteiger partial charge >= 0.3 is 0 Å². The Balaban J connectivity index is 2.15. The number of halogens is 1. The normalized spacial score (nSPS) is 12.2. The largest absolute Gasteiger partial charge is 0.455 e. The van der Waals surface area contributed by atoms with Gasteiger partial charge in [-0.25, -0.2) is 0 Å². The minimum atomic E-state index is 0.236. The van der Waals surface area contributed by atoms with Crippen molar-refractivity contribution in [2.45, 2.75) is 19.9 Å². The first kappa shape index (κ1) is 14.0. The topological polar surface area (TPSA) is 34.1 Å². The number of ether oxygens (including phenoxy) is 1. The number of nitrogens with zero attached hydrogens (tertiary/aromatic N) is 1. The van der Waals surface area contributed by atoms with Crippen molar-refractivity contribution < 1.29 is 4.74 Å². The van der Waals surface area contributed by atoms with E-state index in [2.05, 4.69) is 33.2 Å². The first-order valence-corrected chi connectivity index (χ1v) is 6.96. The maximum Gasteiger partial charge on any atom is 0.145 e. The molecule has 0 aliphatic carbocycles. The maximum absolute atomic E-state index is 5.80. The number of aromatic nitrogens is 1. The number of benzene rings is 1. The average molecular weight is 321 g/mol. The number of rotatable bonds is 4. The zero-order valence-corrected chi connectivity index (χ0v) is 12.9. The van der Waals surface area contributed by atoms with Gasteiger partial charge in [0, 0.05) is 6.04 Å². The molecule has 2 aromatic rings. The molecule has 2 rings (SSSR count). The molecule has 0 aliphatic rings. The van der Waals surface area contributed by atoms with Crippen molar-refractivity contribution in [1.82, 2.24) is 10.3 Å². The maximum atomic E-state index is 5.80. The first-order valence-electron chi connectivity index (χ1n) is 6.17. The second-order valence-corrected chi connectivity index (χ2v) is 5.32. The highest BCUT2D eigenvalue weighted by Crippen LogP contribution is 2.30. The molecule has 1 aromatic heterocycles. The van der Waals surface area contributed by atoms with Crippen molar-refractivity contribution in [3.8, 4) is 11.5 Å². The van der Waals surface area contributed by atoms with Gasteiger partial charge in [-0.2, -0.15) is 0 Å². The van der Waals surface area contributed by atoms with E-state index in [1.807, 2.05) is 44.3 Å². The van der Waals surface area contributed by atoms with E-state index < -0.39 is 0 Å². The highest BCUT2D eigenvalue weighted by Gasteiger charge is 2.06. The molecule has 1 unspecified atom stereocenters. The number of pyridine rings is 1. The molecule has 0 saturated carbocycles. The van der Waals surface area contributed by atoms with E-state index in [0.717, 1.165) is 21.7 Å². The van der Waals surface area contributed by atoms with E-state index >= 15 is 0 Å². The summed E-state index contributed by atoms with van der Waals surface area (Å²) in [5, 5.41) is 3.15. The molecule has 1 atom stereocenters. The van der Waals surface area contributed by atoms with Gasteiger partial charge in [-0.3, -0.25) is 4.98 Å². The lowest BCUT2D eigenvalue weighted by Gasteiger charge is -2.11. The fourth-order valence-electron chi connectivity index (χ4n) is 1.67. The van der Waals surface area contributed by atoms with E-state index in [4.69, 9.17) is 4.74 Å². The van der Waals surface area contributed by atoms with Crippen LogP contribution in [0.1, 0.15) is 24.2 Å².